The van der Waals surface area contributed by atoms with Crippen molar-refractivity contribution < 1.29 is 9.84 Å². The van der Waals surface area contributed by atoms with E-state index in [1.807, 2.05) is 0 Å². The Morgan fingerprint density at radius 1 is 1.60 bits per heavy atom. The van der Waals surface area contributed by atoms with Crippen LogP contribution in [0, 0.1) is 0 Å². The van der Waals surface area contributed by atoms with Gasteiger partial charge in [0.25, 0.3) is 0 Å². The molecular formula is C7H15IO2. The lowest BCUT2D eigenvalue weighted by atomic mass is 10.4. The van der Waals surface area contributed by atoms with Crippen LogP contribution >= 0.6 is 22.6 Å². The average Bonchev–Trinajstić information content (AvgIpc) is 1.98. The standard InChI is InChI=1S/C7H15IO2/c1-2-3-4-10-6-7(9)5-8/h7,9H,2-6H2,1H3/t7-/m1/s1. The minimum absolute atomic E-state index is 0.280. The molecule has 0 rings (SSSR count). The normalized spacial score (nSPS) is 13.5. The molecule has 1 atom stereocenters. The van der Waals surface area contributed by atoms with Gasteiger partial charge in [0.2, 0.25) is 0 Å². The molecule has 3 heteroatoms. The van der Waals surface area contributed by atoms with Crippen LogP contribution in [-0.4, -0.2) is 28.9 Å². The first-order chi connectivity index (χ1) is 4.81. The largest absolute Gasteiger partial charge is 0.390 e. The molecule has 0 saturated heterocycles. The molecule has 0 aromatic carbocycles. The lowest BCUT2D eigenvalue weighted by Crippen LogP contribution is -2.16. The van der Waals surface area contributed by atoms with Crippen LogP contribution in [0.3, 0.4) is 0 Å². The number of hydrogen-bond donors (Lipinski definition) is 1. The van der Waals surface area contributed by atoms with Crippen molar-refractivity contribution in [3.63, 3.8) is 0 Å². The zero-order valence-corrected chi connectivity index (χ0v) is 8.50. The van der Waals surface area contributed by atoms with Crippen molar-refractivity contribution in [3.05, 3.63) is 0 Å². The molecule has 0 unspecified atom stereocenters. The fraction of sp³-hybridized carbons (Fsp3) is 1.00. The molecule has 0 fully saturated rings. The Morgan fingerprint density at radius 2 is 2.30 bits per heavy atom. The fourth-order valence-corrected chi connectivity index (χ4v) is 0.765. The van der Waals surface area contributed by atoms with Crippen molar-refractivity contribution in [1.29, 1.82) is 0 Å². The lowest BCUT2D eigenvalue weighted by molar-refractivity contribution is 0.0487. The van der Waals surface area contributed by atoms with Crippen molar-refractivity contribution in [1.82, 2.24) is 0 Å². The second-order valence-corrected chi connectivity index (χ2v) is 3.12. The van der Waals surface area contributed by atoms with E-state index in [0.717, 1.165) is 23.9 Å². The smallest absolute Gasteiger partial charge is 0.0862 e. The summed E-state index contributed by atoms with van der Waals surface area (Å²) in [4.78, 5) is 0. The third kappa shape index (κ3) is 6.77. The molecule has 0 amide bonds. The molecule has 0 heterocycles. The number of aliphatic hydroxyl groups is 1. The van der Waals surface area contributed by atoms with E-state index in [9.17, 15) is 0 Å². The van der Waals surface area contributed by atoms with Crippen molar-refractivity contribution in [2.45, 2.75) is 25.9 Å². The van der Waals surface area contributed by atoms with Gasteiger partial charge < -0.3 is 9.84 Å². The van der Waals surface area contributed by atoms with Gasteiger partial charge in [0.15, 0.2) is 0 Å². The quantitative estimate of drug-likeness (QED) is 0.445. The molecule has 10 heavy (non-hydrogen) atoms. The van der Waals surface area contributed by atoms with Gasteiger partial charge in [-0.3, -0.25) is 0 Å². The Hall–Kier alpha value is 0.650. The summed E-state index contributed by atoms with van der Waals surface area (Å²) in [6.07, 6.45) is 1.96. The first kappa shape index (κ1) is 10.7. The second-order valence-electron chi connectivity index (χ2n) is 2.24. The molecule has 0 bridgehead atoms. The lowest BCUT2D eigenvalue weighted by Gasteiger charge is -2.06. The second kappa shape index (κ2) is 7.75. The first-order valence-electron chi connectivity index (χ1n) is 3.63. The van der Waals surface area contributed by atoms with Gasteiger partial charge in [0.05, 0.1) is 12.7 Å². The van der Waals surface area contributed by atoms with Crippen LogP contribution in [0.15, 0.2) is 0 Å². The molecule has 0 saturated carbocycles. The highest BCUT2D eigenvalue weighted by Gasteiger charge is 1.99. The number of hydrogen-bond acceptors (Lipinski definition) is 2. The van der Waals surface area contributed by atoms with E-state index in [1.54, 1.807) is 0 Å². The minimum Gasteiger partial charge on any atom is -0.390 e. The van der Waals surface area contributed by atoms with Crippen LogP contribution in [0.25, 0.3) is 0 Å². The average molecular weight is 258 g/mol. The molecule has 0 radical (unpaired) electrons. The zero-order chi connectivity index (χ0) is 7.82. The minimum atomic E-state index is -0.280. The highest BCUT2D eigenvalue weighted by molar-refractivity contribution is 14.1. The third-order valence-corrected chi connectivity index (χ3v) is 2.15. The van der Waals surface area contributed by atoms with Gasteiger partial charge in [-0.1, -0.05) is 35.9 Å². The van der Waals surface area contributed by atoms with E-state index in [2.05, 4.69) is 29.5 Å². The predicted octanol–water partition coefficient (Wildman–Crippen LogP) is 1.60. The van der Waals surface area contributed by atoms with E-state index in [4.69, 9.17) is 9.84 Å². The van der Waals surface area contributed by atoms with Crippen LogP contribution in [0.5, 0.6) is 0 Å². The number of rotatable bonds is 6. The van der Waals surface area contributed by atoms with Crippen LogP contribution in [-0.2, 0) is 4.74 Å². The van der Waals surface area contributed by atoms with Gasteiger partial charge in [-0.25, -0.2) is 0 Å². The summed E-state index contributed by atoms with van der Waals surface area (Å²) in [5.41, 5.74) is 0. The molecule has 0 aromatic rings. The third-order valence-electron chi connectivity index (χ3n) is 1.13. The number of alkyl halides is 1. The van der Waals surface area contributed by atoms with Crippen LogP contribution in [0.4, 0.5) is 0 Å². The molecule has 0 spiro atoms. The number of unbranched alkanes of at least 4 members (excludes halogenated alkanes) is 1. The van der Waals surface area contributed by atoms with Crippen molar-refractivity contribution in [2.24, 2.45) is 0 Å². The molecule has 2 nitrogen and oxygen atoms in total. The fourth-order valence-electron chi connectivity index (χ4n) is 0.510. The summed E-state index contributed by atoms with van der Waals surface area (Å²) in [6, 6.07) is 0. The van der Waals surface area contributed by atoms with Gasteiger partial charge in [0.1, 0.15) is 0 Å². The van der Waals surface area contributed by atoms with Gasteiger partial charge in [-0.15, -0.1) is 0 Å². The van der Waals surface area contributed by atoms with Gasteiger partial charge >= 0.3 is 0 Å². The Labute approximate surface area is 76.1 Å². The van der Waals surface area contributed by atoms with E-state index in [0.29, 0.717) is 6.61 Å². The topological polar surface area (TPSA) is 29.5 Å². The molecule has 0 aliphatic heterocycles. The maximum absolute atomic E-state index is 9.02. The van der Waals surface area contributed by atoms with E-state index in [-0.39, 0.29) is 6.10 Å². The number of ether oxygens (including phenoxy) is 1. The number of aliphatic hydroxyl groups excluding tert-OH is 1. The highest BCUT2D eigenvalue weighted by atomic mass is 127. The monoisotopic (exact) mass is 258 g/mol. The Kier molecular flexibility index (Phi) is 8.26. The van der Waals surface area contributed by atoms with E-state index in [1.165, 1.54) is 0 Å². The Bertz CT molecular complexity index is 68.6. The van der Waals surface area contributed by atoms with Crippen molar-refractivity contribution in [2.75, 3.05) is 17.6 Å². The van der Waals surface area contributed by atoms with Gasteiger partial charge in [-0.05, 0) is 6.42 Å². The number of halogens is 1. The highest BCUT2D eigenvalue weighted by Crippen LogP contribution is 1.93. The summed E-state index contributed by atoms with van der Waals surface area (Å²) < 4.78 is 5.93. The predicted molar refractivity (Wildman–Crippen MR) is 50.6 cm³/mol. The molecule has 62 valence electrons. The van der Waals surface area contributed by atoms with Crippen LogP contribution < -0.4 is 0 Å². The van der Waals surface area contributed by atoms with E-state index >= 15 is 0 Å². The molecule has 0 aliphatic carbocycles. The van der Waals surface area contributed by atoms with Crippen LogP contribution in [0.1, 0.15) is 19.8 Å². The Balaban J connectivity index is 2.89. The van der Waals surface area contributed by atoms with Crippen molar-refractivity contribution in [3.8, 4) is 0 Å². The summed E-state index contributed by atoms with van der Waals surface area (Å²) in [5.74, 6) is 0. The maximum Gasteiger partial charge on any atom is 0.0862 e. The van der Waals surface area contributed by atoms with Gasteiger partial charge in [0, 0.05) is 11.0 Å². The summed E-state index contributed by atoms with van der Waals surface area (Å²) in [6.45, 7) is 3.39. The maximum atomic E-state index is 9.02. The van der Waals surface area contributed by atoms with Crippen LogP contribution in [0.2, 0.25) is 0 Å². The molecule has 1 N–H and O–H groups in total. The Morgan fingerprint density at radius 3 is 2.80 bits per heavy atom. The summed E-state index contributed by atoms with van der Waals surface area (Å²) in [7, 11) is 0. The van der Waals surface area contributed by atoms with Crippen molar-refractivity contribution >= 4 is 22.6 Å². The zero-order valence-electron chi connectivity index (χ0n) is 6.35. The van der Waals surface area contributed by atoms with E-state index < -0.39 is 0 Å². The molecular weight excluding hydrogens is 243 g/mol. The first-order valence-corrected chi connectivity index (χ1v) is 5.15. The summed E-state index contributed by atoms with van der Waals surface area (Å²) in [5, 5.41) is 9.02. The SMILES string of the molecule is CCCCOC[C@H](O)CI. The summed E-state index contributed by atoms with van der Waals surface area (Å²) >= 11 is 2.14. The van der Waals surface area contributed by atoms with Gasteiger partial charge in [-0.2, -0.15) is 0 Å². The molecule has 0 aliphatic rings. The molecule has 0 aromatic heterocycles.